The average molecular weight is 293 g/mol. The van der Waals surface area contributed by atoms with Gasteiger partial charge in [0, 0.05) is 13.0 Å². The van der Waals surface area contributed by atoms with Crippen molar-refractivity contribution in [3.8, 4) is 0 Å². The second-order valence-electron chi connectivity index (χ2n) is 5.14. The molecule has 21 heavy (non-hydrogen) atoms. The molecule has 0 saturated carbocycles. The minimum atomic E-state index is -1.04. The lowest BCUT2D eigenvalue weighted by atomic mass is 10.1. The van der Waals surface area contributed by atoms with Crippen LogP contribution in [-0.2, 0) is 11.2 Å². The van der Waals surface area contributed by atoms with Crippen LogP contribution in [0, 0.1) is 0 Å². The highest BCUT2D eigenvalue weighted by Crippen LogP contribution is 2.03. The standard InChI is InChI=1S/C15H23N3O3/c1-18(2)10-6-9-16-15(21)17-13(14(19)20)11-12-7-4-3-5-8-12/h3-5,7-8,13H,6,9-11H2,1-2H3,(H,19,20)(H2,16,17,21)/t13-/m1/s1. The number of carboxylic acid groups (broad SMARTS) is 1. The molecular weight excluding hydrogens is 270 g/mol. The molecule has 0 bridgehead atoms. The predicted molar refractivity (Wildman–Crippen MR) is 81.3 cm³/mol. The van der Waals surface area contributed by atoms with E-state index in [1.54, 1.807) is 0 Å². The second-order valence-corrected chi connectivity index (χ2v) is 5.14. The van der Waals surface area contributed by atoms with Crippen molar-refractivity contribution in [2.24, 2.45) is 0 Å². The monoisotopic (exact) mass is 293 g/mol. The van der Waals surface area contributed by atoms with Crippen LogP contribution >= 0.6 is 0 Å². The van der Waals surface area contributed by atoms with Crippen molar-refractivity contribution in [3.05, 3.63) is 35.9 Å². The molecule has 0 spiro atoms. The molecule has 0 heterocycles. The molecule has 0 aliphatic carbocycles. The zero-order chi connectivity index (χ0) is 15.7. The van der Waals surface area contributed by atoms with E-state index < -0.39 is 18.0 Å². The summed E-state index contributed by atoms with van der Waals surface area (Å²) in [6.07, 6.45) is 1.08. The van der Waals surface area contributed by atoms with Crippen molar-refractivity contribution in [2.45, 2.75) is 18.9 Å². The number of carbonyl (C=O) groups excluding carboxylic acids is 1. The molecule has 0 unspecified atom stereocenters. The molecule has 1 rings (SSSR count). The largest absolute Gasteiger partial charge is 0.480 e. The van der Waals surface area contributed by atoms with Crippen LogP contribution in [0.15, 0.2) is 30.3 Å². The Balaban J connectivity index is 2.40. The average Bonchev–Trinajstić information content (AvgIpc) is 2.44. The van der Waals surface area contributed by atoms with Gasteiger partial charge in [0.1, 0.15) is 6.04 Å². The molecular formula is C15H23N3O3. The van der Waals surface area contributed by atoms with Gasteiger partial charge >= 0.3 is 12.0 Å². The zero-order valence-electron chi connectivity index (χ0n) is 12.5. The van der Waals surface area contributed by atoms with E-state index in [9.17, 15) is 14.7 Å². The van der Waals surface area contributed by atoms with Crippen LogP contribution in [0.4, 0.5) is 4.79 Å². The minimum Gasteiger partial charge on any atom is -0.480 e. The first-order chi connectivity index (χ1) is 9.99. The molecule has 2 amide bonds. The van der Waals surface area contributed by atoms with Crippen LogP contribution in [0.2, 0.25) is 0 Å². The van der Waals surface area contributed by atoms with E-state index in [1.165, 1.54) is 0 Å². The lowest BCUT2D eigenvalue weighted by molar-refractivity contribution is -0.139. The first-order valence-corrected chi connectivity index (χ1v) is 6.95. The molecule has 6 nitrogen and oxygen atoms in total. The number of aliphatic carboxylic acids is 1. The van der Waals surface area contributed by atoms with Gasteiger partial charge in [-0.3, -0.25) is 0 Å². The SMILES string of the molecule is CN(C)CCCNC(=O)N[C@H](Cc1ccccc1)C(=O)O. The normalized spacial score (nSPS) is 12.0. The number of urea groups is 1. The number of nitrogens with zero attached hydrogens (tertiary/aromatic N) is 1. The first-order valence-electron chi connectivity index (χ1n) is 6.95. The molecule has 0 fully saturated rings. The van der Waals surface area contributed by atoms with Gasteiger partial charge in [0.2, 0.25) is 0 Å². The Morgan fingerprint density at radius 1 is 1.24 bits per heavy atom. The second kappa shape index (κ2) is 8.97. The maximum absolute atomic E-state index is 11.7. The fraction of sp³-hybridized carbons (Fsp3) is 0.467. The van der Waals surface area contributed by atoms with Crippen molar-refractivity contribution in [1.82, 2.24) is 15.5 Å². The van der Waals surface area contributed by atoms with Crippen molar-refractivity contribution in [2.75, 3.05) is 27.2 Å². The molecule has 1 atom stereocenters. The summed E-state index contributed by atoms with van der Waals surface area (Å²) in [5.74, 6) is -1.04. The van der Waals surface area contributed by atoms with E-state index in [4.69, 9.17) is 0 Å². The maximum atomic E-state index is 11.7. The number of rotatable bonds is 8. The Labute approximate surface area is 125 Å². The number of nitrogens with one attached hydrogen (secondary N) is 2. The minimum absolute atomic E-state index is 0.265. The fourth-order valence-corrected chi connectivity index (χ4v) is 1.86. The number of carboxylic acids is 1. The third-order valence-corrected chi connectivity index (χ3v) is 2.95. The summed E-state index contributed by atoms with van der Waals surface area (Å²) in [7, 11) is 3.92. The highest BCUT2D eigenvalue weighted by atomic mass is 16.4. The van der Waals surface area contributed by atoms with Crippen LogP contribution in [-0.4, -0.2) is 55.2 Å². The highest BCUT2D eigenvalue weighted by molar-refractivity contribution is 5.82. The van der Waals surface area contributed by atoms with E-state index in [0.29, 0.717) is 6.54 Å². The topological polar surface area (TPSA) is 81.7 Å². The first kappa shape index (κ1) is 17.0. The number of hydrogen-bond acceptors (Lipinski definition) is 3. The summed E-state index contributed by atoms with van der Waals surface area (Å²) in [5.41, 5.74) is 0.873. The van der Waals surface area contributed by atoms with Gasteiger partial charge in [-0.2, -0.15) is 0 Å². The van der Waals surface area contributed by atoms with Gasteiger partial charge in [-0.1, -0.05) is 30.3 Å². The van der Waals surface area contributed by atoms with Gasteiger partial charge < -0.3 is 20.6 Å². The molecule has 0 aromatic heterocycles. The number of benzene rings is 1. The quantitative estimate of drug-likeness (QED) is 0.623. The van der Waals surface area contributed by atoms with Gasteiger partial charge in [0.25, 0.3) is 0 Å². The van der Waals surface area contributed by atoms with Crippen LogP contribution in [0.1, 0.15) is 12.0 Å². The Bertz CT molecular complexity index is 449. The summed E-state index contributed by atoms with van der Waals surface area (Å²) in [4.78, 5) is 24.9. The Kier molecular flexibility index (Phi) is 7.25. The molecule has 0 aliphatic rings. The Hall–Kier alpha value is -2.08. The molecule has 1 aromatic rings. The summed E-state index contributed by atoms with van der Waals surface area (Å²) in [6.45, 7) is 1.38. The zero-order valence-corrected chi connectivity index (χ0v) is 12.5. The van der Waals surface area contributed by atoms with Crippen LogP contribution in [0.3, 0.4) is 0 Å². The molecule has 0 radical (unpaired) electrons. The number of carbonyl (C=O) groups is 2. The molecule has 1 aromatic carbocycles. The van der Waals surface area contributed by atoms with E-state index in [-0.39, 0.29) is 6.42 Å². The van der Waals surface area contributed by atoms with Gasteiger partial charge in [0.05, 0.1) is 0 Å². The molecule has 3 N–H and O–H groups in total. The number of hydrogen-bond donors (Lipinski definition) is 3. The van der Waals surface area contributed by atoms with E-state index in [2.05, 4.69) is 10.6 Å². The van der Waals surface area contributed by atoms with Gasteiger partial charge in [0.15, 0.2) is 0 Å². The molecule has 116 valence electrons. The van der Waals surface area contributed by atoms with Gasteiger partial charge in [-0.15, -0.1) is 0 Å². The summed E-state index contributed by atoms with van der Waals surface area (Å²) in [6, 6.07) is 7.85. The fourth-order valence-electron chi connectivity index (χ4n) is 1.86. The van der Waals surface area contributed by atoms with Crippen molar-refractivity contribution in [3.63, 3.8) is 0 Å². The maximum Gasteiger partial charge on any atom is 0.326 e. The molecule has 0 aliphatic heterocycles. The Morgan fingerprint density at radius 2 is 1.90 bits per heavy atom. The van der Waals surface area contributed by atoms with E-state index in [0.717, 1.165) is 18.5 Å². The van der Waals surface area contributed by atoms with Crippen molar-refractivity contribution < 1.29 is 14.7 Å². The smallest absolute Gasteiger partial charge is 0.326 e. The summed E-state index contributed by atoms with van der Waals surface area (Å²) in [5, 5.41) is 14.3. The van der Waals surface area contributed by atoms with Crippen LogP contribution in [0.5, 0.6) is 0 Å². The van der Waals surface area contributed by atoms with Crippen molar-refractivity contribution >= 4 is 12.0 Å². The van der Waals surface area contributed by atoms with Crippen LogP contribution < -0.4 is 10.6 Å². The third kappa shape index (κ3) is 7.31. The molecule has 0 saturated heterocycles. The predicted octanol–water partition coefficient (Wildman–Crippen LogP) is 0.933. The summed E-state index contributed by atoms with van der Waals surface area (Å²) < 4.78 is 0. The van der Waals surface area contributed by atoms with Crippen molar-refractivity contribution in [1.29, 1.82) is 0 Å². The van der Waals surface area contributed by atoms with E-state index in [1.807, 2.05) is 49.3 Å². The number of amides is 2. The summed E-state index contributed by atoms with van der Waals surface area (Å²) >= 11 is 0. The highest BCUT2D eigenvalue weighted by Gasteiger charge is 2.19. The lowest BCUT2D eigenvalue weighted by Gasteiger charge is -2.16. The van der Waals surface area contributed by atoms with Gasteiger partial charge in [-0.05, 0) is 32.6 Å². The van der Waals surface area contributed by atoms with Crippen LogP contribution in [0.25, 0.3) is 0 Å². The third-order valence-electron chi connectivity index (χ3n) is 2.95. The molecule has 6 heteroatoms. The Morgan fingerprint density at radius 3 is 2.48 bits per heavy atom. The van der Waals surface area contributed by atoms with E-state index >= 15 is 0 Å². The van der Waals surface area contributed by atoms with Gasteiger partial charge in [-0.25, -0.2) is 9.59 Å². The lowest BCUT2D eigenvalue weighted by Crippen LogP contribution is -2.47.